The predicted molar refractivity (Wildman–Crippen MR) is 73.2 cm³/mol. The Bertz CT molecular complexity index is 456. The highest BCUT2D eigenvalue weighted by molar-refractivity contribution is 5.47. The largest absolute Gasteiger partial charge is 0.496 e. The molecule has 0 atom stereocenters. The lowest BCUT2D eigenvalue weighted by Gasteiger charge is -2.51. The van der Waals surface area contributed by atoms with Crippen molar-refractivity contribution in [3.8, 4) is 5.75 Å². The number of nitrogens with two attached hydrogens (primary N) is 1. The van der Waals surface area contributed by atoms with E-state index in [1.165, 1.54) is 11.1 Å². The molecule has 1 aliphatic rings. The normalized spacial score (nSPS) is 18.3. The Kier molecular flexibility index (Phi) is 3.16. The van der Waals surface area contributed by atoms with E-state index in [2.05, 4.69) is 39.8 Å². The van der Waals surface area contributed by atoms with Gasteiger partial charge in [-0.1, -0.05) is 6.07 Å². The molecule has 0 aliphatic carbocycles. The summed E-state index contributed by atoms with van der Waals surface area (Å²) in [4.78, 5) is 0. The topological polar surface area (TPSA) is 44.5 Å². The van der Waals surface area contributed by atoms with Gasteiger partial charge in [0.25, 0.3) is 0 Å². The molecule has 0 radical (unpaired) electrons. The fraction of sp³-hybridized carbons (Fsp3) is 0.600. The molecule has 2 N–H and O–H groups in total. The summed E-state index contributed by atoms with van der Waals surface area (Å²) in [5, 5.41) is 0. The SMILES string of the molecule is COc1cc(C)c(C2(C(C)(C)N)COC2)cc1C. The fourth-order valence-electron chi connectivity index (χ4n) is 2.71. The first-order valence-electron chi connectivity index (χ1n) is 6.34. The van der Waals surface area contributed by atoms with Crippen LogP contribution in [0.2, 0.25) is 0 Å². The standard InChI is InChI=1S/C15H23NO2/c1-10-7-13(17-5)11(2)6-12(10)15(8-18-9-15)14(3,4)16/h6-7H,8-9,16H2,1-5H3. The third-order valence-electron chi connectivity index (χ3n) is 4.19. The average molecular weight is 249 g/mol. The van der Waals surface area contributed by atoms with E-state index in [9.17, 15) is 0 Å². The van der Waals surface area contributed by atoms with Crippen LogP contribution in [-0.4, -0.2) is 25.9 Å². The van der Waals surface area contributed by atoms with Gasteiger partial charge in [-0.05, 0) is 50.5 Å². The van der Waals surface area contributed by atoms with Crippen molar-refractivity contribution in [2.75, 3.05) is 20.3 Å². The number of ether oxygens (including phenoxy) is 2. The van der Waals surface area contributed by atoms with E-state index in [1.54, 1.807) is 7.11 Å². The average Bonchev–Trinajstić information content (AvgIpc) is 2.18. The van der Waals surface area contributed by atoms with Crippen LogP contribution in [0.5, 0.6) is 5.75 Å². The Labute approximate surface area is 109 Å². The molecule has 0 amide bonds. The van der Waals surface area contributed by atoms with Crippen molar-refractivity contribution in [1.29, 1.82) is 0 Å². The van der Waals surface area contributed by atoms with Crippen LogP contribution in [0.4, 0.5) is 0 Å². The Morgan fingerprint density at radius 1 is 1.22 bits per heavy atom. The van der Waals surface area contributed by atoms with Crippen molar-refractivity contribution in [2.45, 2.75) is 38.6 Å². The van der Waals surface area contributed by atoms with Gasteiger partial charge in [0.1, 0.15) is 5.75 Å². The molecular weight excluding hydrogens is 226 g/mol. The first-order chi connectivity index (χ1) is 8.32. The quantitative estimate of drug-likeness (QED) is 0.894. The van der Waals surface area contributed by atoms with Gasteiger partial charge in [0.15, 0.2) is 0 Å². The van der Waals surface area contributed by atoms with E-state index in [-0.39, 0.29) is 11.0 Å². The Hall–Kier alpha value is -1.06. The second-order valence-corrected chi connectivity index (χ2v) is 5.93. The minimum absolute atomic E-state index is 0.0753. The molecule has 1 heterocycles. The van der Waals surface area contributed by atoms with Crippen molar-refractivity contribution in [3.63, 3.8) is 0 Å². The van der Waals surface area contributed by atoms with E-state index in [4.69, 9.17) is 15.2 Å². The van der Waals surface area contributed by atoms with Crippen molar-refractivity contribution < 1.29 is 9.47 Å². The molecular formula is C15H23NO2. The first-order valence-corrected chi connectivity index (χ1v) is 6.34. The van der Waals surface area contributed by atoms with Crippen LogP contribution in [0.15, 0.2) is 12.1 Å². The summed E-state index contributed by atoms with van der Waals surface area (Å²) in [6.45, 7) is 9.73. The number of rotatable bonds is 3. The number of methoxy groups -OCH3 is 1. The third kappa shape index (κ3) is 1.82. The van der Waals surface area contributed by atoms with E-state index in [0.717, 1.165) is 11.3 Å². The third-order valence-corrected chi connectivity index (χ3v) is 4.19. The number of hydrogen-bond acceptors (Lipinski definition) is 3. The highest BCUT2D eigenvalue weighted by Crippen LogP contribution is 2.43. The monoisotopic (exact) mass is 249 g/mol. The van der Waals surface area contributed by atoms with Gasteiger partial charge in [0.05, 0.1) is 25.7 Å². The predicted octanol–water partition coefficient (Wildman–Crippen LogP) is 2.32. The minimum Gasteiger partial charge on any atom is -0.496 e. The van der Waals surface area contributed by atoms with E-state index >= 15 is 0 Å². The van der Waals surface area contributed by atoms with Crippen molar-refractivity contribution in [1.82, 2.24) is 0 Å². The van der Waals surface area contributed by atoms with Gasteiger partial charge in [-0.3, -0.25) is 0 Å². The molecule has 0 spiro atoms. The summed E-state index contributed by atoms with van der Waals surface area (Å²) in [5.74, 6) is 0.932. The maximum atomic E-state index is 6.39. The van der Waals surface area contributed by atoms with Crippen LogP contribution < -0.4 is 10.5 Å². The summed E-state index contributed by atoms with van der Waals surface area (Å²) < 4.78 is 10.8. The Balaban J connectivity index is 2.54. The van der Waals surface area contributed by atoms with Crippen LogP contribution >= 0.6 is 0 Å². The van der Waals surface area contributed by atoms with Crippen molar-refractivity contribution in [3.05, 3.63) is 28.8 Å². The van der Waals surface area contributed by atoms with Crippen LogP contribution in [0.1, 0.15) is 30.5 Å². The molecule has 2 rings (SSSR count). The van der Waals surface area contributed by atoms with Gasteiger partial charge in [-0.15, -0.1) is 0 Å². The summed E-state index contributed by atoms with van der Waals surface area (Å²) in [6.07, 6.45) is 0. The highest BCUT2D eigenvalue weighted by Gasteiger charge is 2.51. The molecule has 1 fully saturated rings. The molecule has 0 bridgehead atoms. The molecule has 3 nitrogen and oxygen atoms in total. The summed E-state index contributed by atoms with van der Waals surface area (Å²) >= 11 is 0. The fourth-order valence-corrected chi connectivity index (χ4v) is 2.71. The summed E-state index contributed by atoms with van der Waals surface area (Å²) in [6, 6.07) is 4.29. The van der Waals surface area contributed by atoms with Crippen LogP contribution in [-0.2, 0) is 10.2 Å². The second kappa shape index (κ2) is 4.25. The van der Waals surface area contributed by atoms with Crippen molar-refractivity contribution >= 4 is 0 Å². The molecule has 0 unspecified atom stereocenters. The van der Waals surface area contributed by atoms with Gasteiger partial charge in [0, 0.05) is 5.54 Å². The van der Waals surface area contributed by atoms with E-state index in [0.29, 0.717) is 13.2 Å². The van der Waals surface area contributed by atoms with Crippen molar-refractivity contribution in [2.24, 2.45) is 5.73 Å². The molecule has 1 aliphatic heterocycles. The maximum Gasteiger partial charge on any atom is 0.122 e. The minimum atomic E-state index is -0.295. The molecule has 0 aromatic heterocycles. The van der Waals surface area contributed by atoms with Gasteiger partial charge in [-0.25, -0.2) is 0 Å². The van der Waals surface area contributed by atoms with Gasteiger partial charge in [0.2, 0.25) is 0 Å². The molecule has 0 saturated carbocycles. The number of aryl methyl sites for hydroxylation is 2. The molecule has 1 aromatic carbocycles. The number of benzene rings is 1. The zero-order valence-corrected chi connectivity index (χ0v) is 12.0. The van der Waals surface area contributed by atoms with Gasteiger partial charge in [-0.2, -0.15) is 0 Å². The Morgan fingerprint density at radius 3 is 2.22 bits per heavy atom. The molecule has 18 heavy (non-hydrogen) atoms. The van der Waals surface area contributed by atoms with Crippen LogP contribution in [0.3, 0.4) is 0 Å². The zero-order chi connectivity index (χ0) is 13.6. The maximum absolute atomic E-state index is 6.39. The zero-order valence-electron chi connectivity index (χ0n) is 12.0. The molecule has 100 valence electrons. The lowest BCUT2D eigenvalue weighted by molar-refractivity contribution is -0.0922. The molecule has 3 heteroatoms. The van der Waals surface area contributed by atoms with E-state index in [1.807, 2.05) is 0 Å². The second-order valence-electron chi connectivity index (χ2n) is 5.93. The lowest BCUT2D eigenvalue weighted by Crippen LogP contribution is -2.65. The van der Waals surface area contributed by atoms with Crippen LogP contribution in [0, 0.1) is 13.8 Å². The summed E-state index contributed by atoms with van der Waals surface area (Å²) in [7, 11) is 1.70. The van der Waals surface area contributed by atoms with Gasteiger partial charge >= 0.3 is 0 Å². The van der Waals surface area contributed by atoms with Gasteiger partial charge < -0.3 is 15.2 Å². The Morgan fingerprint density at radius 2 is 1.83 bits per heavy atom. The smallest absolute Gasteiger partial charge is 0.122 e. The summed E-state index contributed by atoms with van der Waals surface area (Å²) in [5.41, 5.74) is 9.68. The molecule has 1 aromatic rings. The van der Waals surface area contributed by atoms with Crippen LogP contribution in [0.25, 0.3) is 0 Å². The lowest BCUT2D eigenvalue weighted by atomic mass is 9.64. The molecule has 1 saturated heterocycles. The van der Waals surface area contributed by atoms with E-state index < -0.39 is 0 Å². The number of hydrogen-bond donors (Lipinski definition) is 1. The first kappa shape index (κ1) is 13.4. The highest BCUT2D eigenvalue weighted by atomic mass is 16.5.